The van der Waals surface area contributed by atoms with Crippen LogP contribution in [0.4, 0.5) is 0 Å². The molecular formula is C13H20ClNO2. The van der Waals surface area contributed by atoms with Crippen LogP contribution in [0.5, 0.6) is 0 Å². The van der Waals surface area contributed by atoms with Crippen molar-refractivity contribution in [2.24, 2.45) is 0 Å². The fourth-order valence-corrected chi connectivity index (χ4v) is 3.98. The standard InChI is InChI=1S/C13H20ClNO2/c14-9-7-10-4-5-11(8-9)15(10)13(16)12-3-1-2-6-17-12/h9-12H,1-8H2. The van der Waals surface area contributed by atoms with Gasteiger partial charge in [-0.25, -0.2) is 0 Å². The van der Waals surface area contributed by atoms with E-state index in [1.54, 1.807) is 0 Å². The van der Waals surface area contributed by atoms with Crippen LogP contribution >= 0.6 is 11.6 Å². The van der Waals surface area contributed by atoms with Gasteiger partial charge in [0.2, 0.25) is 0 Å². The van der Waals surface area contributed by atoms with Crippen LogP contribution in [-0.2, 0) is 9.53 Å². The van der Waals surface area contributed by atoms with Crippen LogP contribution in [0.2, 0.25) is 0 Å². The van der Waals surface area contributed by atoms with Crippen molar-refractivity contribution in [3.05, 3.63) is 0 Å². The van der Waals surface area contributed by atoms with E-state index in [2.05, 4.69) is 4.90 Å². The summed E-state index contributed by atoms with van der Waals surface area (Å²) in [5.74, 6) is 0.237. The molecule has 3 aliphatic heterocycles. The maximum Gasteiger partial charge on any atom is 0.252 e. The van der Waals surface area contributed by atoms with Crippen molar-refractivity contribution in [3.8, 4) is 0 Å². The summed E-state index contributed by atoms with van der Waals surface area (Å²) in [6, 6.07) is 0.767. The van der Waals surface area contributed by atoms with Gasteiger partial charge in [-0.05, 0) is 44.9 Å². The van der Waals surface area contributed by atoms with E-state index < -0.39 is 0 Å². The highest BCUT2D eigenvalue weighted by atomic mass is 35.5. The Hall–Kier alpha value is -0.280. The molecule has 0 aromatic carbocycles. The monoisotopic (exact) mass is 257 g/mol. The second-order valence-corrected chi connectivity index (χ2v) is 6.17. The molecule has 1 amide bonds. The SMILES string of the molecule is O=C(C1CCCCO1)N1C2CCC1CC(Cl)C2. The highest BCUT2D eigenvalue weighted by molar-refractivity contribution is 6.20. The molecule has 3 nitrogen and oxygen atoms in total. The van der Waals surface area contributed by atoms with Crippen LogP contribution in [0.1, 0.15) is 44.9 Å². The van der Waals surface area contributed by atoms with Gasteiger partial charge in [0.05, 0.1) is 0 Å². The Labute approximate surface area is 107 Å². The van der Waals surface area contributed by atoms with Crippen LogP contribution in [0.25, 0.3) is 0 Å². The maximum absolute atomic E-state index is 12.5. The van der Waals surface area contributed by atoms with Crippen LogP contribution in [0.3, 0.4) is 0 Å². The van der Waals surface area contributed by atoms with E-state index in [0.29, 0.717) is 12.1 Å². The predicted octanol–water partition coefficient (Wildman–Crippen LogP) is 2.32. The van der Waals surface area contributed by atoms with Crippen molar-refractivity contribution in [2.45, 2.75) is 68.5 Å². The summed E-state index contributed by atoms with van der Waals surface area (Å²) >= 11 is 6.23. The molecule has 3 rings (SSSR count). The largest absolute Gasteiger partial charge is 0.368 e. The Morgan fingerprint density at radius 2 is 1.82 bits per heavy atom. The number of halogens is 1. The van der Waals surface area contributed by atoms with Gasteiger partial charge in [-0.1, -0.05) is 0 Å². The molecule has 3 atom stereocenters. The summed E-state index contributed by atoms with van der Waals surface area (Å²) in [6.45, 7) is 0.748. The first-order valence-electron chi connectivity index (χ1n) is 6.83. The van der Waals surface area contributed by atoms with E-state index in [0.717, 1.165) is 51.6 Å². The Kier molecular flexibility index (Phi) is 3.31. The zero-order chi connectivity index (χ0) is 11.8. The normalized spacial score (nSPS) is 41.6. The van der Waals surface area contributed by atoms with Crippen molar-refractivity contribution in [2.75, 3.05) is 6.61 Å². The third kappa shape index (κ3) is 2.19. The Morgan fingerprint density at radius 1 is 1.12 bits per heavy atom. The molecule has 0 aromatic heterocycles. The number of alkyl halides is 1. The number of hydrogen-bond acceptors (Lipinski definition) is 2. The van der Waals surface area contributed by atoms with Crippen molar-refractivity contribution < 1.29 is 9.53 Å². The average molecular weight is 258 g/mol. The molecule has 0 spiro atoms. The first-order valence-corrected chi connectivity index (χ1v) is 7.27. The molecule has 3 heterocycles. The Balaban J connectivity index is 1.69. The lowest BCUT2D eigenvalue weighted by Gasteiger charge is -2.39. The molecular weight excluding hydrogens is 238 g/mol. The number of piperidine rings is 1. The maximum atomic E-state index is 12.5. The molecule has 4 heteroatoms. The van der Waals surface area contributed by atoms with Crippen molar-refractivity contribution in [1.29, 1.82) is 0 Å². The van der Waals surface area contributed by atoms with E-state index in [-0.39, 0.29) is 17.4 Å². The van der Waals surface area contributed by atoms with Crippen LogP contribution in [0.15, 0.2) is 0 Å². The number of hydrogen-bond donors (Lipinski definition) is 0. The Bertz CT molecular complexity index is 290. The molecule has 3 fully saturated rings. The highest BCUT2D eigenvalue weighted by Crippen LogP contribution is 2.38. The van der Waals surface area contributed by atoms with Gasteiger partial charge in [0.1, 0.15) is 6.10 Å². The number of carbonyl (C=O) groups excluding carboxylic acids is 1. The van der Waals surface area contributed by atoms with E-state index in [1.807, 2.05) is 0 Å². The fourth-order valence-electron chi connectivity index (χ4n) is 3.57. The predicted molar refractivity (Wildman–Crippen MR) is 66.1 cm³/mol. The molecule has 0 saturated carbocycles. The Morgan fingerprint density at radius 3 is 2.41 bits per heavy atom. The van der Waals surface area contributed by atoms with Gasteiger partial charge in [0.25, 0.3) is 5.91 Å². The summed E-state index contributed by atoms with van der Waals surface area (Å²) in [7, 11) is 0. The number of ether oxygens (including phenoxy) is 1. The van der Waals surface area contributed by atoms with Crippen LogP contribution < -0.4 is 0 Å². The molecule has 0 N–H and O–H groups in total. The van der Waals surface area contributed by atoms with E-state index in [9.17, 15) is 4.79 Å². The van der Waals surface area contributed by atoms with Gasteiger partial charge < -0.3 is 9.64 Å². The van der Waals surface area contributed by atoms with Gasteiger partial charge in [-0.3, -0.25) is 4.79 Å². The molecule has 2 bridgehead atoms. The second-order valence-electron chi connectivity index (χ2n) is 5.55. The molecule has 0 aliphatic carbocycles. The lowest BCUT2D eigenvalue weighted by Crippen LogP contribution is -2.51. The topological polar surface area (TPSA) is 29.5 Å². The van der Waals surface area contributed by atoms with Gasteiger partial charge in [0.15, 0.2) is 0 Å². The quantitative estimate of drug-likeness (QED) is 0.675. The molecule has 17 heavy (non-hydrogen) atoms. The third-order valence-electron chi connectivity index (χ3n) is 4.39. The van der Waals surface area contributed by atoms with E-state index in [4.69, 9.17) is 16.3 Å². The molecule has 3 unspecified atom stereocenters. The lowest BCUT2D eigenvalue weighted by molar-refractivity contribution is -0.150. The minimum absolute atomic E-state index is 0.168. The summed E-state index contributed by atoms with van der Waals surface area (Å²) in [5.41, 5.74) is 0. The van der Waals surface area contributed by atoms with Crippen molar-refractivity contribution >= 4 is 17.5 Å². The lowest BCUT2D eigenvalue weighted by atomic mass is 10.00. The second kappa shape index (κ2) is 4.77. The number of amides is 1. The number of fused-ring (bicyclic) bond motifs is 2. The third-order valence-corrected chi connectivity index (χ3v) is 4.74. The minimum Gasteiger partial charge on any atom is -0.368 e. The van der Waals surface area contributed by atoms with Crippen molar-refractivity contribution in [3.63, 3.8) is 0 Å². The van der Waals surface area contributed by atoms with Gasteiger partial charge >= 0.3 is 0 Å². The number of nitrogens with zero attached hydrogens (tertiary/aromatic N) is 1. The van der Waals surface area contributed by atoms with Crippen LogP contribution in [0, 0.1) is 0 Å². The van der Waals surface area contributed by atoms with Gasteiger partial charge in [-0.2, -0.15) is 0 Å². The number of carbonyl (C=O) groups is 1. The molecule has 96 valence electrons. The van der Waals surface area contributed by atoms with Gasteiger partial charge in [0, 0.05) is 24.1 Å². The fraction of sp³-hybridized carbons (Fsp3) is 0.923. The van der Waals surface area contributed by atoms with E-state index >= 15 is 0 Å². The first kappa shape index (κ1) is 11.8. The highest BCUT2D eigenvalue weighted by Gasteiger charge is 2.44. The zero-order valence-corrected chi connectivity index (χ0v) is 10.9. The smallest absolute Gasteiger partial charge is 0.252 e. The molecule has 3 aliphatic rings. The minimum atomic E-state index is -0.168. The molecule has 0 radical (unpaired) electrons. The summed E-state index contributed by atoms with van der Waals surface area (Å²) in [5, 5.41) is 0.267. The van der Waals surface area contributed by atoms with Gasteiger partial charge in [-0.15, -0.1) is 11.6 Å². The summed E-state index contributed by atoms with van der Waals surface area (Å²) in [6.07, 6.45) is 7.15. The van der Waals surface area contributed by atoms with Crippen molar-refractivity contribution in [1.82, 2.24) is 4.90 Å². The van der Waals surface area contributed by atoms with E-state index in [1.165, 1.54) is 0 Å². The summed E-state index contributed by atoms with van der Waals surface area (Å²) in [4.78, 5) is 14.6. The molecule has 3 saturated heterocycles. The number of rotatable bonds is 1. The molecule has 0 aromatic rings. The summed E-state index contributed by atoms with van der Waals surface area (Å²) < 4.78 is 5.62. The zero-order valence-electron chi connectivity index (χ0n) is 10.1. The first-order chi connectivity index (χ1) is 8.25. The average Bonchev–Trinajstić information content (AvgIpc) is 2.62. The van der Waals surface area contributed by atoms with Crippen LogP contribution in [-0.4, -0.2) is 41.0 Å².